The van der Waals surface area contributed by atoms with Crippen molar-refractivity contribution in [1.82, 2.24) is 0 Å². The average molecular weight is 282 g/mol. The van der Waals surface area contributed by atoms with Crippen LogP contribution in [0.15, 0.2) is 23.1 Å². The standard InChI is InChI=1S/C15H22OS2/c1-6-16-12-8-7-10(2)9-11(12)13(17)14(18)15(3,4)5/h7-9,17-18H,6H2,1-5H3. The van der Waals surface area contributed by atoms with Gasteiger partial charge in [-0.2, -0.15) is 0 Å². The van der Waals surface area contributed by atoms with Gasteiger partial charge < -0.3 is 4.74 Å². The fourth-order valence-electron chi connectivity index (χ4n) is 1.59. The molecule has 3 heteroatoms. The van der Waals surface area contributed by atoms with Crippen molar-refractivity contribution in [2.75, 3.05) is 6.61 Å². The molecular formula is C15H22OS2. The van der Waals surface area contributed by atoms with E-state index in [0.717, 1.165) is 21.1 Å². The third kappa shape index (κ3) is 3.72. The van der Waals surface area contributed by atoms with Gasteiger partial charge in [-0.05, 0) is 31.4 Å². The summed E-state index contributed by atoms with van der Waals surface area (Å²) in [5.74, 6) is 0.865. The van der Waals surface area contributed by atoms with Crippen LogP contribution in [0.1, 0.15) is 38.8 Å². The Morgan fingerprint density at radius 1 is 1.22 bits per heavy atom. The van der Waals surface area contributed by atoms with Crippen molar-refractivity contribution in [3.63, 3.8) is 0 Å². The monoisotopic (exact) mass is 282 g/mol. The van der Waals surface area contributed by atoms with Crippen LogP contribution >= 0.6 is 25.3 Å². The molecule has 0 saturated carbocycles. The van der Waals surface area contributed by atoms with Gasteiger partial charge in [-0.15, -0.1) is 25.3 Å². The Morgan fingerprint density at radius 3 is 2.33 bits per heavy atom. The molecule has 100 valence electrons. The molecule has 0 amide bonds. The van der Waals surface area contributed by atoms with Crippen molar-refractivity contribution in [3.8, 4) is 5.75 Å². The maximum Gasteiger partial charge on any atom is 0.127 e. The number of ether oxygens (including phenoxy) is 1. The van der Waals surface area contributed by atoms with Crippen LogP contribution in [0, 0.1) is 12.3 Å². The lowest BCUT2D eigenvalue weighted by Crippen LogP contribution is -2.06. The molecule has 1 rings (SSSR count). The van der Waals surface area contributed by atoms with E-state index in [1.165, 1.54) is 5.56 Å². The molecule has 0 heterocycles. The summed E-state index contributed by atoms with van der Waals surface area (Å²) in [4.78, 5) is 1.86. The fourth-order valence-corrected chi connectivity index (χ4v) is 2.22. The molecule has 18 heavy (non-hydrogen) atoms. The molecule has 0 fully saturated rings. The van der Waals surface area contributed by atoms with Crippen molar-refractivity contribution in [3.05, 3.63) is 34.2 Å². The quantitative estimate of drug-likeness (QED) is 0.744. The Morgan fingerprint density at radius 2 is 1.83 bits per heavy atom. The van der Waals surface area contributed by atoms with Crippen LogP contribution in [-0.4, -0.2) is 6.61 Å². The lowest BCUT2D eigenvalue weighted by atomic mass is 9.94. The average Bonchev–Trinajstić information content (AvgIpc) is 2.28. The van der Waals surface area contributed by atoms with Gasteiger partial charge in [0.25, 0.3) is 0 Å². The van der Waals surface area contributed by atoms with Gasteiger partial charge in [0.05, 0.1) is 6.61 Å². The van der Waals surface area contributed by atoms with Crippen molar-refractivity contribution in [2.24, 2.45) is 5.41 Å². The summed E-state index contributed by atoms with van der Waals surface area (Å²) in [6.07, 6.45) is 0. The van der Waals surface area contributed by atoms with Crippen molar-refractivity contribution < 1.29 is 4.74 Å². The number of allylic oxidation sites excluding steroid dienone is 1. The van der Waals surface area contributed by atoms with E-state index in [1.54, 1.807) is 0 Å². The van der Waals surface area contributed by atoms with Crippen LogP contribution in [0.4, 0.5) is 0 Å². The second-order valence-electron chi connectivity index (χ2n) is 5.38. The molecule has 0 aliphatic rings. The predicted octanol–water partition coefficient (Wildman–Crippen LogP) is 4.97. The normalized spacial score (nSPS) is 13.3. The van der Waals surface area contributed by atoms with Gasteiger partial charge >= 0.3 is 0 Å². The van der Waals surface area contributed by atoms with Gasteiger partial charge in [-0.1, -0.05) is 32.4 Å². The topological polar surface area (TPSA) is 9.23 Å². The molecule has 1 aromatic rings. The summed E-state index contributed by atoms with van der Waals surface area (Å²) in [5.41, 5.74) is 2.18. The van der Waals surface area contributed by atoms with Crippen molar-refractivity contribution >= 4 is 30.2 Å². The molecule has 0 aromatic heterocycles. The van der Waals surface area contributed by atoms with E-state index in [1.807, 2.05) is 19.1 Å². The number of rotatable bonds is 3. The molecular weight excluding hydrogens is 260 g/mol. The second kappa shape index (κ2) is 6.07. The van der Waals surface area contributed by atoms with Gasteiger partial charge in [-0.3, -0.25) is 0 Å². The van der Waals surface area contributed by atoms with Gasteiger partial charge in [0, 0.05) is 15.4 Å². The minimum absolute atomic E-state index is 0.0204. The minimum Gasteiger partial charge on any atom is -0.493 e. The molecule has 1 aromatic carbocycles. The summed E-state index contributed by atoms with van der Waals surface area (Å²) in [5, 5.41) is 0. The predicted molar refractivity (Wildman–Crippen MR) is 86.7 cm³/mol. The minimum atomic E-state index is -0.0204. The Bertz CT molecular complexity index is 456. The van der Waals surface area contributed by atoms with E-state index in [-0.39, 0.29) is 5.41 Å². The molecule has 0 saturated heterocycles. The van der Waals surface area contributed by atoms with Gasteiger partial charge in [0.15, 0.2) is 0 Å². The fraction of sp³-hybridized carbons (Fsp3) is 0.467. The van der Waals surface area contributed by atoms with E-state index in [2.05, 4.69) is 59.0 Å². The van der Waals surface area contributed by atoms with Gasteiger partial charge in [0.2, 0.25) is 0 Å². The second-order valence-corrected chi connectivity index (χ2v) is 6.27. The van der Waals surface area contributed by atoms with E-state index in [0.29, 0.717) is 6.61 Å². The highest BCUT2D eigenvalue weighted by Crippen LogP contribution is 2.40. The van der Waals surface area contributed by atoms with E-state index in [4.69, 9.17) is 4.74 Å². The molecule has 1 nitrogen and oxygen atoms in total. The number of hydrogen-bond acceptors (Lipinski definition) is 3. The van der Waals surface area contributed by atoms with Gasteiger partial charge in [0.1, 0.15) is 5.75 Å². The summed E-state index contributed by atoms with van der Waals surface area (Å²) in [6, 6.07) is 6.13. The van der Waals surface area contributed by atoms with E-state index in [9.17, 15) is 0 Å². The molecule has 0 atom stereocenters. The highest BCUT2D eigenvalue weighted by Gasteiger charge is 2.19. The first kappa shape index (κ1) is 15.5. The molecule has 0 aliphatic carbocycles. The van der Waals surface area contributed by atoms with Crippen LogP contribution in [0.25, 0.3) is 4.91 Å². The van der Waals surface area contributed by atoms with Crippen LogP contribution < -0.4 is 4.74 Å². The number of aryl methyl sites for hydroxylation is 1. The Labute approximate surface area is 121 Å². The largest absolute Gasteiger partial charge is 0.493 e. The third-order valence-corrected chi connectivity index (χ3v) is 4.16. The molecule has 0 N–H and O–H groups in total. The summed E-state index contributed by atoms with van der Waals surface area (Å²) >= 11 is 9.26. The van der Waals surface area contributed by atoms with Crippen LogP contribution in [0.3, 0.4) is 0 Å². The Balaban J connectivity index is 3.35. The van der Waals surface area contributed by atoms with E-state index < -0.39 is 0 Å². The number of hydrogen-bond donors (Lipinski definition) is 2. The lowest BCUT2D eigenvalue weighted by molar-refractivity contribution is 0.339. The first-order valence-electron chi connectivity index (χ1n) is 6.14. The SMILES string of the molecule is CCOc1ccc(C)cc1C(S)=C(S)C(C)(C)C. The van der Waals surface area contributed by atoms with Gasteiger partial charge in [-0.25, -0.2) is 0 Å². The third-order valence-electron chi connectivity index (χ3n) is 2.62. The summed E-state index contributed by atoms with van der Waals surface area (Å²) in [7, 11) is 0. The zero-order valence-corrected chi connectivity index (χ0v) is 13.5. The Kier molecular flexibility index (Phi) is 5.23. The first-order valence-corrected chi connectivity index (χ1v) is 7.03. The smallest absolute Gasteiger partial charge is 0.127 e. The maximum atomic E-state index is 5.66. The summed E-state index contributed by atoms with van der Waals surface area (Å²) < 4.78 is 5.66. The number of thiol groups is 2. The van der Waals surface area contributed by atoms with Crippen LogP contribution in [0.2, 0.25) is 0 Å². The first-order chi connectivity index (χ1) is 8.27. The maximum absolute atomic E-state index is 5.66. The van der Waals surface area contributed by atoms with E-state index >= 15 is 0 Å². The summed E-state index contributed by atoms with van der Waals surface area (Å²) in [6.45, 7) is 11.1. The molecule has 0 bridgehead atoms. The Hall–Kier alpha value is -0.540. The molecule has 0 aliphatic heterocycles. The zero-order valence-electron chi connectivity index (χ0n) is 11.7. The number of benzene rings is 1. The highest BCUT2D eigenvalue weighted by atomic mass is 32.1. The lowest BCUT2D eigenvalue weighted by Gasteiger charge is -2.22. The van der Waals surface area contributed by atoms with Crippen LogP contribution in [-0.2, 0) is 0 Å². The van der Waals surface area contributed by atoms with Crippen molar-refractivity contribution in [2.45, 2.75) is 34.6 Å². The molecule has 0 radical (unpaired) electrons. The zero-order chi connectivity index (χ0) is 13.9. The highest BCUT2D eigenvalue weighted by molar-refractivity contribution is 7.93. The molecule has 0 spiro atoms. The van der Waals surface area contributed by atoms with Crippen molar-refractivity contribution in [1.29, 1.82) is 0 Å². The molecule has 0 unspecified atom stereocenters. The van der Waals surface area contributed by atoms with Crippen LogP contribution in [0.5, 0.6) is 5.75 Å².